The lowest BCUT2D eigenvalue weighted by molar-refractivity contribution is -0.0133. The smallest absolute Gasteiger partial charge is 0.410 e. The van der Waals surface area contributed by atoms with Crippen molar-refractivity contribution in [2.45, 2.75) is 78.8 Å². The lowest BCUT2D eigenvalue weighted by atomic mass is 9.83. The van der Waals surface area contributed by atoms with Gasteiger partial charge in [-0.2, -0.15) is 0 Å². The molecular weight excluding hydrogens is 294 g/mol. The molecule has 0 aliphatic carbocycles. The lowest BCUT2D eigenvalue weighted by Crippen LogP contribution is -2.51. The van der Waals surface area contributed by atoms with Crippen molar-refractivity contribution in [2.75, 3.05) is 6.54 Å². The molecule has 1 unspecified atom stereocenters. The van der Waals surface area contributed by atoms with Crippen LogP contribution < -0.4 is 0 Å². The molecule has 0 saturated carbocycles. The third-order valence-electron chi connectivity index (χ3n) is 3.54. The zero-order valence-electron chi connectivity index (χ0n) is 15.5. The van der Waals surface area contributed by atoms with Gasteiger partial charge in [0.15, 0.2) is 9.04 Å². The van der Waals surface area contributed by atoms with Crippen molar-refractivity contribution in [3.05, 3.63) is 12.2 Å². The maximum atomic E-state index is 12.6. The summed E-state index contributed by atoms with van der Waals surface area (Å²) < 4.78 is 11.9. The van der Waals surface area contributed by atoms with Gasteiger partial charge in [0.1, 0.15) is 5.60 Å². The first kappa shape index (κ1) is 19.2. The summed E-state index contributed by atoms with van der Waals surface area (Å²) in [6.45, 7) is 21.2. The Hall–Kier alpha value is -0.813. The molecule has 1 saturated heterocycles. The Morgan fingerprint density at radius 2 is 1.82 bits per heavy atom. The van der Waals surface area contributed by atoms with Crippen LogP contribution >= 0.6 is 0 Å². The number of amides is 1. The van der Waals surface area contributed by atoms with Crippen LogP contribution in [0.5, 0.6) is 0 Å². The van der Waals surface area contributed by atoms with E-state index in [0.29, 0.717) is 6.54 Å². The molecule has 128 valence electrons. The van der Waals surface area contributed by atoms with Gasteiger partial charge in [-0.3, -0.25) is 4.90 Å². The third-order valence-corrected chi connectivity index (χ3v) is 4.38. The normalized spacial score (nSPS) is 21.4. The van der Waals surface area contributed by atoms with Gasteiger partial charge < -0.3 is 9.16 Å². The maximum Gasteiger partial charge on any atom is 0.410 e. The lowest BCUT2D eigenvalue weighted by Gasteiger charge is -2.40. The monoisotopic (exact) mass is 327 g/mol. The molecule has 0 bridgehead atoms. The number of ether oxygens (including phenoxy) is 1. The van der Waals surface area contributed by atoms with Gasteiger partial charge >= 0.3 is 6.09 Å². The van der Waals surface area contributed by atoms with Gasteiger partial charge in [0, 0.05) is 6.54 Å². The molecule has 1 rings (SSSR count). The molecule has 1 amide bonds. The van der Waals surface area contributed by atoms with E-state index in [2.05, 4.69) is 40.4 Å². The van der Waals surface area contributed by atoms with Crippen LogP contribution in [0.25, 0.3) is 0 Å². The minimum absolute atomic E-state index is 0.00550. The standard InChI is InChI=1S/C17H33NO3Si/c1-12-10-13(14(16(2,3)4)21-22(8)9)18(11-12)15(19)20-17(5,6)7/h13-14,22H,1,10-11H2,2-9H3/t13-,14?/m0/s1. The Labute approximate surface area is 137 Å². The second-order valence-corrected chi connectivity index (χ2v) is 11.0. The molecule has 1 aliphatic heterocycles. The van der Waals surface area contributed by atoms with Crippen molar-refractivity contribution < 1.29 is 14.0 Å². The molecule has 1 heterocycles. The third kappa shape index (κ3) is 5.43. The van der Waals surface area contributed by atoms with Gasteiger partial charge in [-0.1, -0.05) is 32.9 Å². The number of hydrogen-bond acceptors (Lipinski definition) is 3. The van der Waals surface area contributed by atoms with E-state index in [1.165, 1.54) is 0 Å². The number of carbonyl (C=O) groups is 1. The Morgan fingerprint density at radius 1 is 1.27 bits per heavy atom. The van der Waals surface area contributed by atoms with Crippen molar-refractivity contribution in [2.24, 2.45) is 5.41 Å². The first-order valence-electron chi connectivity index (χ1n) is 8.13. The summed E-state index contributed by atoms with van der Waals surface area (Å²) in [5.74, 6) is 0. The largest absolute Gasteiger partial charge is 0.444 e. The van der Waals surface area contributed by atoms with Crippen molar-refractivity contribution in [1.82, 2.24) is 4.90 Å². The summed E-state index contributed by atoms with van der Waals surface area (Å²) in [5, 5.41) is 0. The van der Waals surface area contributed by atoms with Gasteiger partial charge in [0.05, 0.1) is 12.1 Å². The molecule has 1 aliphatic rings. The maximum absolute atomic E-state index is 12.6. The summed E-state index contributed by atoms with van der Waals surface area (Å²) in [5.41, 5.74) is 0.544. The van der Waals surface area contributed by atoms with Crippen molar-refractivity contribution in [1.29, 1.82) is 0 Å². The predicted molar refractivity (Wildman–Crippen MR) is 93.7 cm³/mol. The van der Waals surface area contributed by atoms with Crippen LogP contribution in [0, 0.1) is 5.41 Å². The van der Waals surface area contributed by atoms with E-state index in [-0.39, 0.29) is 23.7 Å². The predicted octanol–water partition coefficient (Wildman–Crippen LogP) is 3.97. The molecule has 0 aromatic rings. The van der Waals surface area contributed by atoms with Crippen molar-refractivity contribution in [3.8, 4) is 0 Å². The van der Waals surface area contributed by atoms with Gasteiger partial charge in [-0.25, -0.2) is 4.79 Å². The number of rotatable bonds is 3. The number of hydrogen-bond donors (Lipinski definition) is 0. The van der Waals surface area contributed by atoms with E-state index < -0.39 is 14.6 Å². The number of likely N-dealkylation sites (tertiary alicyclic amines) is 1. The molecule has 0 spiro atoms. The quantitative estimate of drug-likeness (QED) is 0.581. The average molecular weight is 328 g/mol. The minimum atomic E-state index is -1.21. The van der Waals surface area contributed by atoms with E-state index in [0.717, 1.165) is 12.0 Å². The van der Waals surface area contributed by atoms with Crippen LogP contribution in [0.3, 0.4) is 0 Å². The van der Waals surface area contributed by atoms with Gasteiger partial charge in [-0.05, 0) is 45.7 Å². The zero-order chi connectivity index (χ0) is 17.3. The fourth-order valence-corrected chi connectivity index (χ4v) is 3.96. The number of nitrogens with zero attached hydrogens (tertiary/aromatic N) is 1. The fourth-order valence-electron chi connectivity index (χ4n) is 2.78. The first-order chi connectivity index (χ1) is 9.81. The minimum Gasteiger partial charge on any atom is -0.444 e. The van der Waals surface area contributed by atoms with E-state index in [4.69, 9.17) is 9.16 Å². The van der Waals surface area contributed by atoms with Crippen molar-refractivity contribution in [3.63, 3.8) is 0 Å². The highest BCUT2D eigenvalue weighted by Gasteiger charge is 2.43. The SMILES string of the molecule is C=C1C[C@@H](C(O[SiH](C)C)C(C)(C)C)N(C(=O)OC(C)(C)C)C1. The molecule has 0 radical (unpaired) electrons. The fraction of sp³-hybridized carbons (Fsp3) is 0.824. The summed E-state index contributed by atoms with van der Waals surface area (Å²) in [4.78, 5) is 14.4. The molecule has 5 heteroatoms. The van der Waals surface area contributed by atoms with E-state index in [9.17, 15) is 4.79 Å². The Morgan fingerprint density at radius 3 is 2.23 bits per heavy atom. The highest BCUT2D eigenvalue weighted by atomic mass is 28.3. The molecule has 0 N–H and O–H groups in total. The summed E-state index contributed by atoms with van der Waals surface area (Å²) >= 11 is 0. The van der Waals surface area contributed by atoms with Crippen LogP contribution in [0.4, 0.5) is 4.79 Å². The van der Waals surface area contributed by atoms with Crippen molar-refractivity contribution >= 4 is 15.1 Å². The van der Waals surface area contributed by atoms with Crippen LogP contribution in [0.15, 0.2) is 12.2 Å². The highest BCUT2D eigenvalue weighted by molar-refractivity contribution is 6.48. The Bertz CT molecular complexity index is 421. The van der Waals surface area contributed by atoms with E-state index >= 15 is 0 Å². The number of carbonyl (C=O) groups excluding carboxylic acids is 1. The summed E-state index contributed by atoms with van der Waals surface area (Å²) in [7, 11) is -1.21. The van der Waals surface area contributed by atoms with E-state index in [1.807, 2.05) is 20.8 Å². The first-order valence-corrected chi connectivity index (χ1v) is 10.9. The molecular formula is C17H33NO3Si. The zero-order valence-corrected chi connectivity index (χ0v) is 16.7. The second kappa shape index (κ2) is 6.75. The molecule has 0 aromatic heterocycles. The molecule has 22 heavy (non-hydrogen) atoms. The van der Waals surface area contributed by atoms with Crippen LogP contribution in [0.1, 0.15) is 48.0 Å². The molecule has 4 nitrogen and oxygen atoms in total. The topological polar surface area (TPSA) is 38.8 Å². The van der Waals surface area contributed by atoms with Crippen LogP contribution in [-0.2, 0) is 9.16 Å². The highest BCUT2D eigenvalue weighted by Crippen LogP contribution is 2.35. The van der Waals surface area contributed by atoms with E-state index in [1.54, 1.807) is 4.90 Å². The van der Waals surface area contributed by atoms with Gasteiger partial charge in [0.2, 0.25) is 0 Å². The van der Waals surface area contributed by atoms with Crippen LogP contribution in [-0.4, -0.2) is 44.3 Å². The average Bonchev–Trinajstić information content (AvgIpc) is 2.63. The summed E-state index contributed by atoms with van der Waals surface area (Å²) in [6.07, 6.45) is 0.535. The summed E-state index contributed by atoms with van der Waals surface area (Å²) in [6, 6.07) is 0.0113. The van der Waals surface area contributed by atoms with Gasteiger partial charge in [0.25, 0.3) is 0 Å². The molecule has 0 aromatic carbocycles. The van der Waals surface area contributed by atoms with Gasteiger partial charge in [-0.15, -0.1) is 0 Å². The molecule has 1 fully saturated rings. The second-order valence-electron chi connectivity index (χ2n) is 8.60. The Kier molecular flexibility index (Phi) is 5.90. The van der Waals surface area contributed by atoms with Crippen LogP contribution in [0.2, 0.25) is 13.1 Å². The molecule has 2 atom stereocenters. The Balaban J connectivity index is 3.01.